The van der Waals surface area contributed by atoms with Crippen molar-refractivity contribution in [3.8, 4) is 16.3 Å². The zero-order chi connectivity index (χ0) is 16.8. The van der Waals surface area contributed by atoms with Crippen LogP contribution in [-0.4, -0.2) is 35.9 Å². The zero-order valence-electron chi connectivity index (χ0n) is 13.4. The molecule has 3 rings (SSSR count). The average Bonchev–Trinajstić information content (AvgIpc) is 3.28. The molecule has 3 aromatic rings. The highest BCUT2D eigenvalue weighted by molar-refractivity contribution is 7.13. The largest absolute Gasteiger partial charge is 0.385 e. The Morgan fingerprint density at radius 3 is 2.79 bits per heavy atom. The van der Waals surface area contributed by atoms with Crippen LogP contribution in [0.15, 0.2) is 53.9 Å². The van der Waals surface area contributed by atoms with Gasteiger partial charge in [0.25, 0.3) is 5.91 Å². The molecule has 2 aromatic heterocycles. The zero-order valence-corrected chi connectivity index (χ0v) is 14.3. The summed E-state index contributed by atoms with van der Waals surface area (Å²) in [5, 5.41) is 9.56. The minimum atomic E-state index is -0.134. The lowest BCUT2D eigenvalue weighted by Gasteiger charge is -2.08. The molecule has 0 bridgehead atoms. The van der Waals surface area contributed by atoms with Crippen molar-refractivity contribution in [2.24, 2.45) is 0 Å². The van der Waals surface area contributed by atoms with Gasteiger partial charge in [-0.05, 0) is 36.1 Å². The van der Waals surface area contributed by atoms with Gasteiger partial charge >= 0.3 is 0 Å². The molecule has 0 saturated heterocycles. The molecule has 0 atom stereocenters. The van der Waals surface area contributed by atoms with E-state index in [1.54, 1.807) is 23.1 Å². The van der Waals surface area contributed by atoms with Crippen LogP contribution in [0.25, 0.3) is 16.3 Å². The van der Waals surface area contributed by atoms with Crippen molar-refractivity contribution in [3.63, 3.8) is 0 Å². The van der Waals surface area contributed by atoms with E-state index in [0.717, 1.165) is 22.7 Å². The van der Waals surface area contributed by atoms with E-state index in [1.165, 1.54) is 0 Å². The van der Waals surface area contributed by atoms with Gasteiger partial charge in [0.1, 0.15) is 11.4 Å². The topological polar surface area (TPSA) is 56.1 Å². The van der Waals surface area contributed by atoms with Gasteiger partial charge in [-0.2, -0.15) is 5.10 Å². The Balaban J connectivity index is 1.90. The molecule has 24 heavy (non-hydrogen) atoms. The second-order valence-electron chi connectivity index (χ2n) is 5.24. The van der Waals surface area contributed by atoms with Crippen molar-refractivity contribution >= 4 is 17.2 Å². The number of benzene rings is 1. The predicted octanol–water partition coefficient (Wildman–Crippen LogP) is 3.37. The molecular weight excluding hydrogens is 322 g/mol. The van der Waals surface area contributed by atoms with Crippen molar-refractivity contribution in [2.45, 2.75) is 6.42 Å². The SMILES string of the molecule is COCCCNC(=O)c1cc(-c2cccs2)nn1-c1ccccc1. The Bertz CT molecular complexity index is 782. The van der Waals surface area contributed by atoms with Gasteiger partial charge in [0.05, 0.1) is 10.6 Å². The van der Waals surface area contributed by atoms with Crippen molar-refractivity contribution in [1.82, 2.24) is 15.1 Å². The Kier molecular flexibility index (Phi) is 5.40. The number of amides is 1. The van der Waals surface area contributed by atoms with E-state index in [2.05, 4.69) is 10.4 Å². The fraction of sp³-hybridized carbons (Fsp3) is 0.222. The van der Waals surface area contributed by atoms with E-state index >= 15 is 0 Å². The van der Waals surface area contributed by atoms with Gasteiger partial charge in [-0.3, -0.25) is 4.79 Å². The first-order valence-electron chi connectivity index (χ1n) is 7.76. The quantitative estimate of drug-likeness (QED) is 0.670. The van der Waals surface area contributed by atoms with E-state index in [0.29, 0.717) is 18.8 Å². The number of nitrogens with one attached hydrogen (secondary N) is 1. The Hall–Kier alpha value is -2.44. The molecule has 0 spiro atoms. The molecular formula is C18H19N3O2S. The van der Waals surface area contributed by atoms with Crippen LogP contribution >= 0.6 is 11.3 Å². The number of hydrogen-bond acceptors (Lipinski definition) is 4. The molecule has 0 aliphatic rings. The van der Waals surface area contributed by atoms with E-state index in [-0.39, 0.29) is 5.91 Å². The monoisotopic (exact) mass is 341 g/mol. The number of hydrogen-bond donors (Lipinski definition) is 1. The highest BCUT2D eigenvalue weighted by Gasteiger charge is 2.17. The molecule has 2 heterocycles. The lowest BCUT2D eigenvalue weighted by molar-refractivity contribution is 0.0941. The maximum absolute atomic E-state index is 12.6. The average molecular weight is 341 g/mol. The Labute approximate surface area is 144 Å². The van der Waals surface area contributed by atoms with Crippen LogP contribution in [-0.2, 0) is 4.74 Å². The first kappa shape index (κ1) is 16.4. The van der Waals surface area contributed by atoms with Crippen LogP contribution < -0.4 is 5.32 Å². The molecule has 1 amide bonds. The first-order chi connectivity index (χ1) is 11.8. The summed E-state index contributed by atoms with van der Waals surface area (Å²) in [5.41, 5.74) is 2.19. The van der Waals surface area contributed by atoms with Gasteiger partial charge in [0.15, 0.2) is 0 Å². The summed E-state index contributed by atoms with van der Waals surface area (Å²) in [5.74, 6) is -0.134. The lowest BCUT2D eigenvalue weighted by atomic mass is 10.2. The van der Waals surface area contributed by atoms with Gasteiger partial charge in [0.2, 0.25) is 0 Å². The third kappa shape index (κ3) is 3.72. The fourth-order valence-electron chi connectivity index (χ4n) is 2.36. The number of methoxy groups -OCH3 is 1. The third-order valence-corrected chi connectivity index (χ3v) is 4.42. The number of rotatable bonds is 7. The number of aromatic nitrogens is 2. The number of para-hydroxylation sites is 1. The molecule has 124 valence electrons. The van der Waals surface area contributed by atoms with E-state index in [9.17, 15) is 4.79 Å². The molecule has 0 saturated carbocycles. The van der Waals surface area contributed by atoms with Crippen molar-refractivity contribution in [1.29, 1.82) is 0 Å². The second-order valence-corrected chi connectivity index (χ2v) is 6.19. The van der Waals surface area contributed by atoms with E-state index in [1.807, 2.05) is 53.9 Å². The summed E-state index contributed by atoms with van der Waals surface area (Å²) < 4.78 is 6.70. The van der Waals surface area contributed by atoms with Crippen LogP contribution in [0.3, 0.4) is 0 Å². The summed E-state index contributed by atoms with van der Waals surface area (Å²) in [6.45, 7) is 1.19. The van der Waals surface area contributed by atoms with Crippen molar-refractivity contribution in [2.75, 3.05) is 20.3 Å². The Morgan fingerprint density at radius 2 is 2.08 bits per heavy atom. The van der Waals surface area contributed by atoms with Crippen LogP contribution in [0.5, 0.6) is 0 Å². The number of carbonyl (C=O) groups excluding carboxylic acids is 1. The summed E-state index contributed by atoms with van der Waals surface area (Å²) >= 11 is 1.61. The van der Waals surface area contributed by atoms with Gasteiger partial charge in [-0.25, -0.2) is 4.68 Å². The first-order valence-corrected chi connectivity index (χ1v) is 8.64. The highest BCUT2D eigenvalue weighted by Crippen LogP contribution is 2.25. The van der Waals surface area contributed by atoms with Crippen molar-refractivity contribution < 1.29 is 9.53 Å². The lowest BCUT2D eigenvalue weighted by Crippen LogP contribution is -2.27. The van der Waals surface area contributed by atoms with Crippen molar-refractivity contribution in [3.05, 3.63) is 59.6 Å². The summed E-state index contributed by atoms with van der Waals surface area (Å²) in [4.78, 5) is 13.6. The summed E-state index contributed by atoms with van der Waals surface area (Å²) in [7, 11) is 1.65. The summed E-state index contributed by atoms with van der Waals surface area (Å²) in [6, 6.07) is 15.5. The fourth-order valence-corrected chi connectivity index (χ4v) is 3.04. The van der Waals surface area contributed by atoms with Gasteiger partial charge in [0, 0.05) is 20.3 Å². The van der Waals surface area contributed by atoms with E-state index < -0.39 is 0 Å². The molecule has 1 aromatic carbocycles. The number of ether oxygens (including phenoxy) is 1. The van der Waals surface area contributed by atoms with Gasteiger partial charge in [-0.15, -0.1) is 11.3 Å². The predicted molar refractivity (Wildman–Crippen MR) is 95.7 cm³/mol. The number of carbonyl (C=O) groups is 1. The second kappa shape index (κ2) is 7.90. The summed E-state index contributed by atoms with van der Waals surface area (Å²) in [6.07, 6.45) is 0.777. The van der Waals surface area contributed by atoms with Crippen LogP contribution in [0.4, 0.5) is 0 Å². The number of nitrogens with zero attached hydrogens (tertiary/aromatic N) is 2. The normalized spacial score (nSPS) is 10.7. The van der Waals surface area contributed by atoms with Gasteiger partial charge in [-0.1, -0.05) is 24.3 Å². The molecule has 0 aliphatic heterocycles. The van der Waals surface area contributed by atoms with Crippen LogP contribution in [0, 0.1) is 0 Å². The van der Waals surface area contributed by atoms with Crippen LogP contribution in [0.1, 0.15) is 16.9 Å². The smallest absolute Gasteiger partial charge is 0.270 e. The molecule has 6 heteroatoms. The number of thiophene rings is 1. The maximum atomic E-state index is 12.6. The molecule has 5 nitrogen and oxygen atoms in total. The maximum Gasteiger partial charge on any atom is 0.270 e. The van der Waals surface area contributed by atoms with Crippen LogP contribution in [0.2, 0.25) is 0 Å². The van der Waals surface area contributed by atoms with Gasteiger partial charge < -0.3 is 10.1 Å². The minimum absolute atomic E-state index is 0.134. The third-order valence-electron chi connectivity index (χ3n) is 3.53. The minimum Gasteiger partial charge on any atom is -0.385 e. The molecule has 0 radical (unpaired) electrons. The molecule has 0 fully saturated rings. The molecule has 1 N–H and O–H groups in total. The standard InChI is InChI=1S/C18H19N3O2S/c1-23-11-6-10-19-18(22)16-13-15(17-9-5-12-24-17)20-21(16)14-7-3-2-4-8-14/h2-5,7-9,12-13H,6,10-11H2,1H3,(H,19,22). The van der Waals surface area contributed by atoms with E-state index in [4.69, 9.17) is 4.74 Å². The molecule has 0 unspecified atom stereocenters. The molecule has 0 aliphatic carbocycles. The highest BCUT2D eigenvalue weighted by atomic mass is 32.1. The Morgan fingerprint density at radius 1 is 1.25 bits per heavy atom.